The molecule has 1 aliphatic rings. The predicted molar refractivity (Wildman–Crippen MR) is 68.4 cm³/mol. The summed E-state index contributed by atoms with van der Waals surface area (Å²) < 4.78 is 13.8. The first-order valence-corrected chi connectivity index (χ1v) is 6.30. The fraction of sp³-hybridized carbons (Fsp3) is 0.571. The zero-order chi connectivity index (χ0) is 12.3. The third-order valence-electron chi connectivity index (χ3n) is 3.61. The van der Waals surface area contributed by atoms with E-state index in [1.807, 2.05) is 26.2 Å². The van der Waals surface area contributed by atoms with Gasteiger partial charge in [-0.15, -0.1) is 0 Å². The SMILES string of the molecule is CN(C)C(CC1CCNC1)c1ccccc1F. The van der Waals surface area contributed by atoms with Crippen LogP contribution in [0.25, 0.3) is 0 Å². The van der Waals surface area contributed by atoms with Crippen molar-refractivity contribution < 1.29 is 4.39 Å². The van der Waals surface area contributed by atoms with E-state index in [1.54, 1.807) is 12.1 Å². The summed E-state index contributed by atoms with van der Waals surface area (Å²) in [5.74, 6) is 0.583. The van der Waals surface area contributed by atoms with Crippen LogP contribution in [0.5, 0.6) is 0 Å². The normalized spacial score (nSPS) is 22.0. The lowest BCUT2D eigenvalue weighted by Crippen LogP contribution is -2.24. The quantitative estimate of drug-likeness (QED) is 0.863. The molecule has 3 heteroatoms. The Labute approximate surface area is 103 Å². The molecule has 1 saturated heterocycles. The maximum Gasteiger partial charge on any atom is 0.127 e. The Kier molecular flexibility index (Phi) is 4.13. The van der Waals surface area contributed by atoms with Gasteiger partial charge in [-0.05, 0) is 52.0 Å². The van der Waals surface area contributed by atoms with E-state index in [9.17, 15) is 4.39 Å². The van der Waals surface area contributed by atoms with Crippen LogP contribution < -0.4 is 5.32 Å². The molecule has 1 heterocycles. The Morgan fingerprint density at radius 1 is 1.41 bits per heavy atom. The molecule has 2 nitrogen and oxygen atoms in total. The molecule has 1 fully saturated rings. The van der Waals surface area contributed by atoms with E-state index >= 15 is 0 Å². The standard InChI is InChI=1S/C14H21FN2/c1-17(2)14(9-11-7-8-16-10-11)12-5-3-4-6-13(12)15/h3-6,11,14,16H,7-10H2,1-2H3. The van der Waals surface area contributed by atoms with Gasteiger partial charge in [0, 0.05) is 11.6 Å². The number of rotatable bonds is 4. The van der Waals surface area contributed by atoms with E-state index in [0.29, 0.717) is 5.92 Å². The Morgan fingerprint density at radius 3 is 2.76 bits per heavy atom. The van der Waals surface area contributed by atoms with Crippen molar-refractivity contribution in [2.45, 2.75) is 18.9 Å². The van der Waals surface area contributed by atoms with Crippen molar-refractivity contribution in [1.82, 2.24) is 10.2 Å². The smallest absolute Gasteiger partial charge is 0.127 e. The van der Waals surface area contributed by atoms with Crippen molar-refractivity contribution in [3.63, 3.8) is 0 Å². The van der Waals surface area contributed by atoms with E-state index < -0.39 is 0 Å². The summed E-state index contributed by atoms with van der Waals surface area (Å²) in [5.41, 5.74) is 0.824. The number of halogens is 1. The molecular formula is C14H21FN2. The first kappa shape index (κ1) is 12.5. The number of nitrogens with one attached hydrogen (secondary N) is 1. The Bertz CT molecular complexity index is 359. The minimum atomic E-state index is -0.0860. The molecule has 0 aliphatic carbocycles. The van der Waals surface area contributed by atoms with Gasteiger partial charge in [-0.25, -0.2) is 4.39 Å². The maximum absolute atomic E-state index is 13.8. The van der Waals surface area contributed by atoms with E-state index in [0.717, 1.165) is 25.1 Å². The van der Waals surface area contributed by atoms with Crippen LogP contribution >= 0.6 is 0 Å². The summed E-state index contributed by atoms with van der Waals surface area (Å²) >= 11 is 0. The fourth-order valence-corrected chi connectivity index (χ4v) is 2.59. The lowest BCUT2D eigenvalue weighted by Gasteiger charge is -2.27. The Hall–Kier alpha value is -0.930. The van der Waals surface area contributed by atoms with Crippen LogP contribution in [-0.4, -0.2) is 32.1 Å². The number of nitrogens with zero attached hydrogens (tertiary/aromatic N) is 1. The predicted octanol–water partition coefficient (Wildman–Crippen LogP) is 2.43. The molecule has 1 aliphatic heterocycles. The molecule has 0 amide bonds. The zero-order valence-electron chi connectivity index (χ0n) is 10.6. The van der Waals surface area contributed by atoms with Crippen molar-refractivity contribution in [3.05, 3.63) is 35.6 Å². The van der Waals surface area contributed by atoms with Crippen LogP contribution in [0, 0.1) is 11.7 Å². The molecule has 1 aromatic carbocycles. The number of hydrogen-bond donors (Lipinski definition) is 1. The molecule has 1 N–H and O–H groups in total. The second-order valence-electron chi connectivity index (χ2n) is 5.10. The summed E-state index contributed by atoms with van der Waals surface area (Å²) in [6.07, 6.45) is 2.24. The molecule has 0 spiro atoms. The fourth-order valence-electron chi connectivity index (χ4n) is 2.59. The zero-order valence-corrected chi connectivity index (χ0v) is 10.6. The van der Waals surface area contributed by atoms with Crippen LogP contribution in [0.15, 0.2) is 24.3 Å². The van der Waals surface area contributed by atoms with Gasteiger partial charge in [0.25, 0.3) is 0 Å². The summed E-state index contributed by atoms with van der Waals surface area (Å²) in [5, 5.41) is 3.37. The highest BCUT2D eigenvalue weighted by Crippen LogP contribution is 2.29. The second kappa shape index (κ2) is 5.61. The van der Waals surface area contributed by atoms with Crippen LogP contribution in [-0.2, 0) is 0 Å². The minimum Gasteiger partial charge on any atom is -0.316 e. The van der Waals surface area contributed by atoms with Crippen LogP contribution in [0.4, 0.5) is 4.39 Å². The first-order valence-electron chi connectivity index (χ1n) is 6.30. The molecule has 2 rings (SSSR count). The highest BCUT2D eigenvalue weighted by Gasteiger charge is 2.24. The molecule has 0 radical (unpaired) electrons. The van der Waals surface area contributed by atoms with Gasteiger partial charge in [-0.2, -0.15) is 0 Å². The van der Waals surface area contributed by atoms with E-state index in [4.69, 9.17) is 0 Å². The number of hydrogen-bond acceptors (Lipinski definition) is 2. The van der Waals surface area contributed by atoms with Gasteiger partial charge in [0.2, 0.25) is 0 Å². The lowest BCUT2D eigenvalue weighted by molar-refractivity contribution is 0.247. The molecule has 94 valence electrons. The molecule has 17 heavy (non-hydrogen) atoms. The first-order chi connectivity index (χ1) is 8.18. The lowest BCUT2D eigenvalue weighted by atomic mass is 9.93. The highest BCUT2D eigenvalue weighted by atomic mass is 19.1. The van der Waals surface area contributed by atoms with Gasteiger partial charge >= 0.3 is 0 Å². The third kappa shape index (κ3) is 3.05. The molecule has 2 unspecified atom stereocenters. The molecule has 0 aromatic heterocycles. The van der Waals surface area contributed by atoms with Crippen molar-refractivity contribution in [1.29, 1.82) is 0 Å². The van der Waals surface area contributed by atoms with E-state index in [-0.39, 0.29) is 11.9 Å². The largest absolute Gasteiger partial charge is 0.316 e. The third-order valence-corrected chi connectivity index (χ3v) is 3.61. The van der Waals surface area contributed by atoms with Crippen LogP contribution in [0.2, 0.25) is 0 Å². The van der Waals surface area contributed by atoms with Gasteiger partial charge in [-0.3, -0.25) is 0 Å². The molecule has 2 atom stereocenters. The van der Waals surface area contributed by atoms with Crippen molar-refractivity contribution in [2.24, 2.45) is 5.92 Å². The average Bonchev–Trinajstić information content (AvgIpc) is 2.79. The maximum atomic E-state index is 13.8. The second-order valence-corrected chi connectivity index (χ2v) is 5.10. The van der Waals surface area contributed by atoms with Crippen molar-refractivity contribution in [2.75, 3.05) is 27.2 Å². The van der Waals surface area contributed by atoms with Crippen LogP contribution in [0.1, 0.15) is 24.4 Å². The van der Waals surface area contributed by atoms with Crippen LogP contribution in [0.3, 0.4) is 0 Å². The average molecular weight is 236 g/mol. The molecule has 0 saturated carbocycles. The van der Waals surface area contributed by atoms with Gasteiger partial charge in [0.15, 0.2) is 0 Å². The van der Waals surface area contributed by atoms with E-state index in [1.165, 1.54) is 6.42 Å². The molecule has 0 bridgehead atoms. The molecular weight excluding hydrogens is 215 g/mol. The summed E-state index contributed by atoms with van der Waals surface area (Å²) in [6, 6.07) is 7.31. The monoisotopic (exact) mass is 236 g/mol. The topological polar surface area (TPSA) is 15.3 Å². The van der Waals surface area contributed by atoms with Crippen molar-refractivity contribution in [3.8, 4) is 0 Å². The number of benzene rings is 1. The molecule has 1 aromatic rings. The summed E-state index contributed by atoms with van der Waals surface area (Å²) in [6.45, 7) is 2.17. The highest BCUT2D eigenvalue weighted by molar-refractivity contribution is 5.21. The Morgan fingerprint density at radius 2 is 2.18 bits per heavy atom. The van der Waals surface area contributed by atoms with Crippen molar-refractivity contribution >= 4 is 0 Å². The summed E-state index contributed by atoms with van der Waals surface area (Å²) in [4.78, 5) is 2.12. The van der Waals surface area contributed by atoms with Gasteiger partial charge < -0.3 is 10.2 Å². The van der Waals surface area contributed by atoms with Gasteiger partial charge in [0.1, 0.15) is 5.82 Å². The van der Waals surface area contributed by atoms with Gasteiger partial charge in [-0.1, -0.05) is 18.2 Å². The Balaban J connectivity index is 2.14. The summed E-state index contributed by atoms with van der Waals surface area (Å²) in [7, 11) is 4.05. The minimum absolute atomic E-state index is 0.0860. The van der Waals surface area contributed by atoms with Gasteiger partial charge in [0.05, 0.1) is 0 Å². The van der Waals surface area contributed by atoms with E-state index in [2.05, 4.69) is 10.2 Å².